The van der Waals surface area contributed by atoms with Crippen molar-refractivity contribution in [3.05, 3.63) is 24.0 Å². The lowest BCUT2D eigenvalue weighted by Gasteiger charge is -2.47. The van der Waals surface area contributed by atoms with Crippen molar-refractivity contribution in [3.63, 3.8) is 0 Å². The molecule has 0 amide bonds. The minimum absolute atomic E-state index is 0.0462. The predicted molar refractivity (Wildman–Crippen MR) is 100 cm³/mol. The van der Waals surface area contributed by atoms with Gasteiger partial charge in [-0.15, -0.1) is 5.10 Å². The van der Waals surface area contributed by atoms with Crippen LogP contribution in [0.4, 0.5) is 0 Å². The first-order valence-electron chi connectivity index (χ1n) is 10.3. The lowest BCUT2D eigenvalue weighted by molar-refractivity contribution is 0.0213. The Morgan fingerprint density at radius 3 is 2.41 bits per heavy atom. The van der Waals surface area contributed by atoms with Crippen molar-refractivity contribution in [2.24, 2.45) is 0 Å². The van der Waals surface area contributed by atoms with Crippen LogP contribution in [-0.4, -0.2) is 51.4 Å². The highest BCUT2D eigenvalue weighted by Gasteiger charge is 2.44. The van der Waals surface area contributed by atoms with E-state index in [9.17, 15) is 0 Å². The second kappa shape index (κ2) is 7.11. The average Bonchev–Trinajstić information content (AvgIpc) is 3.25. The Hall–Kier alpha value is -2.15. The molecule has 3 heterocycles. The fraction of sp³-hybridized carbons (Fsp3) is 0.650. The highest BCUT2D eigenvalue weighted by atomic mass is 16.6. The standard InChI is InChI=1S/C20H27N5O2/c1-3-9-20(10-4-1,24-11-5-2-6-12-24)19-21-22-23-25(19)16-7-8-17-18(15-16)27-14-13-26-17/h7-8,15H,1-6,9-14H2. The number of rotatable bonds is 3. The third-order valence-electron chi connectivity index (χ3n) is 6.30. The first-order chi connectivity index (χ1) is 13.4. The van der Waals surface area contributed by atoms with E-state index in [-0.39, 0.29) is 5.54 Å². The van der Waals surface area contributed by atoms with Crippen LogP contribution in [0, 0.1) is 0 Å². The van der Waals surface area contributed by atoms with E-state index in [1.807, 2.05) is 22.9 Å². The summed E-state index contributed by atoms with van der Waals surface area (Å²) in [4.78, 5) is 2.66. The van der Waals surface area contributed by atoms with E-state index in [0.717, 1.165) is 48.9 Å². The number of ether oxygens (including phenoxy) is 2. The van der Waals surface area contributed by atoms with Gasteiger partial charge < -0.3 is 9.47 Å². The van der Waals surface area contributed by atoms with E-state index in [4.69, 9.17) is 9.47 Å². The summed E-state index contributed by atoms with van der Waals surface area (Å²) < 4.78 is 13.4. The van der Waals surface area contributed by atoms with Crippen LogP contribution in [0.3, 0.4) is 0 Å². The minimum Gasteiger partial charge on any atom is -0.486 e. The predicted octanol–water partition coefficient (Wildman–Crippen LogP) is 3.08. The van der Waals surface area contributed by atoms with Gasteiger partial charge in [0.25, 0.3) is 0 Å². The summed E-state index contributed by atoms with van der Waals surface area (Å²) in [5, 5.41) is 13.0. The van der Waals surface area contributed by atoms with E-state index < -0.39 is 0 Å². The van der Waals surface area contributed by atoms with Gasteiger partial charge in [0.15, 0.2) is 17.3 Å². The molecule has 2 fully saturated rings. The van der Waals surface area contributed by atoms with Crippen molar-refractivity contribution in [2.75, 3.05) is 26.3 Å². The molecule has 1 aromatic carbocycles. The summed E-state index contributed by atoms with van der Waals surface area (Å²) in [5.41, 5.74) is 0.899. The summed E-state index contributed by atoms with van der Waals surface area (Å²) in [7, 11) is 0. The summed E-state index contributed by atoms with van der Waals surface area (Å²) in [6.45, 7) is 3.47. The quantitative estimate of drug-likeness (QED) is 0.828. The van der Waals surface area contributed by atoms with E-state index in [1.54, 1.807) is 0 Å². The number of hydrogen-bond donors (Lipinski definition) is 0. The number of piperidine rings is 1. The second-order valence-corrected chi connectivity index (χ2v) is 7.88. The Balaban J connectivity index is 1.56. The maximum atomic E-state index is 5.77. The van der Waals surface area contributed by atoms with Gasteiger partial charge in [-0.25, -0.2) is 0 Å². The third kappa shape index (κ3) is 2.98. The first kappa shape index (κ1) is 17.0. The highest BCUT2D eigenvalue weighted by molar-refractivity contribution is 5.49. The van der Waals surface area contributed by atoms with Gasteiger partial charge in [0, 0.05) is 6.07 Å². The van der Waals surface area contributed by atoms with Crippen molar-refractivity contribution >= 4 is 0 Å². The van der Waals surface area contributed by atoms with Gasteiger partial charge in [-0.1, -0.05) is 25.7 Å². The lowest BCUT2D eigenvalue weighted by Crippen LogP contribution is -2.51. The summed E-state index contributed by atoms with van der Waals surface area (Å²) in [5.74, 6) is 2.56. The van der Waals surface area contributed by atoms with Crippen LogP contribution < -0.4 is 9.47 Å². The molecular formula is C20H27N5O2. The van der Waals surface area contributed by atoms with Crippen LogP contribution in [0.15, 0.2) is 18.2 Å². The molecule has 0 unspecified atom stereocenters. The van der Waals surface area contributed by atoms with Crippen molar-refractivity contribution < 1.29 is 9.47 Å². The molecule has 5 rings (SSSR count). The molecule has 144 valence electrons. The topological polar surface area (TPSA) is 65.3 Å². The Labute approximate surface area is 159 Å². The number of likely N-dealkylation sites (tertiary alicyclic amines) is 1. The van der Waals surface area contributed by atoms with E-state index in [1.165, 1.54) is 38.5 Å². The fourth-order valence-electron chi connectivity index (χ4n) is 4.95. The molecule has 1 aromatic heterocycles. The normalized spacial score (nSPS) is 22.5. The molecule has 0 N–H and O–H groups in total. The van der Waals surface area contributed by atoms with Crippen LogP contribution >= 0.6 is 0 Å². The maximum absolute atomic E-state index is 5.77. The number of hydrogen-bond acceptors (Lipinski definition) is 6. The molecule has 27 heavy (non-hydrogen) atoms. The van der Waals surface area contributed by atoms with Crippen molar-refractivity contribution in [1.82, 2.24) is 25.1 Å². The van der Waals surface area contributed by atoms with Gasteiger partial charge in [0.2, 0.25) is 0 Å². The van der Waals surface area contributed by atoms with Gasteiger partial charge in [0.1, 0.15) is 13.2 Å². The molecule has 0 spiro atoms. The zero-order valence-corrected chi connectivity index (χ0v) is 15.8. The smallest absolute Gasteiger partial charge is 0.176 e. The van der Waals surface area contributed by atoms with Crippen LogP contribution in [0.5, 0.6) is 11.5 Å². The molecule has 0 bridgehead atoms. The molecule has 0 atom stereocenters. The SMILES string of the molecule is c1cc2c(cc1-n1nnnc1C1(N3CCCCC3)CCCCC1)OCCO2. The van der Waals surface area contributed by atoms with Gasteiger partial charge in [-0.3, -0.25) is 4.90 Å². The fourth-order valence-corrected chi connectivity index (χ4v) is 4.95. The molecular weight excluding hydrogens is 342 g/mol. The zero-order chi connectivity index (χ0) is 18.1. The van der Waals surface area contributed by atoms with Crippen molar-refractivity contribution in [2.45, 2.75) is 56.9 Å². The van der Waals surface area contributed by atoms with Gasteiger partial charge in [0.05, 0.1) is 11.2 Å². The lowest BCUT2D eigenvalue weighted by atomic mass is 9.78. The Kier molecular flexibility index (Phi) is 4.47. The molecule has 0 radical (unpaired) electrons. The molecule has 3 aliphatic rings. The molecule has 1 aliphatic carbocycles. The van der Waals surface area contributed by atoms with Gasteiger partial charge >= 0.3 is 0 Å². The minimum atomic E-state index is -0.0462. The molecule has 1 saturated heterocycles. The summed E-state index contributed by atoms with van der Waals surface area (Å²) in [6, 6.07) is 5.99. The van der Waals surface area contributed by atoms with Crippen LogP contribution in [0.25, 0.3) is 5.69 Å². The largest absolute Gasteiger partial charge is 0.486 e. The second-order valence-electron chi connectivity index (χ2n) is 7.88. The zero-order valence-electron chi connectivity index (χ0n) is 15.8. The number of benzene rings is 1. The van der Waals surface area contributed by atoms with Crippen molar-refractivity contribution in [1.29, 1.82) is 0 Å². The maximum Gasteiger partial charge on any atom is 0.176 e. The van der Waals surface area contributed by atoms with Crippen LogP contribution in [0.2, 0.25) is 0 Å². The molecule has 2 aliphatic heterocycles. The Morgan fingerprint density at radius 1 is 0.852 bits per heavy atom. The van der Waals surface area contributed by atoms with E-state index in [2.05, 4.69) is 20.4 Å². The number of nitrogens with zero attached hydrogens (tertiary/aromatic N) is 5. The first-order valence-corrected chi connectivity index (χ1v) is 10.3. The number of tetrazole rings is 1. The van der Waals surface area contributed by atoms with Gasteiger partial charge in [-0.2, -0.15) is 4.68 Å². The van der Waals surface area contributed by atoms with Crippen molar-refractivity contribution in [3.8, 4) is 17.2 Å². The van der Waals surface area contributed by atoms with Crippen LogP contribution in [0.1, 0.15) is 57.2 Å². The van der Waals surface area contributed by atoms with Gasteiger partial charge in [-0.05, 0) is 61.3 Å². The summed E-state index contributed by atoms with van der Waals surface area (Å²) >= 11 is 0. The molecule has 1 saturated carbocycles. The van der Waals surface area contributed by atoms with E-state index >= 15 is 0 Å². The number of fused-ring (bicyclic) bond motifs is 1. The Morgan fingerprint density at radius 2 is 1.59 bits per heavy atom. The number of aromatic nitrogens is 4. The molecule has 2 aromatic rings. The molecule has 7 nitrogen and oxygen atoms in total. The Bertz CT molecular complexity index is 793. The average molecular weight is 369 g/mol. The molecule has 7 heteroatoms. The monoisotopic (exact) mass is 369 g/mol. The third-order valence-corrected chi connectivity index (χ3v) is 6.30. The highest BCUT2D eigenvalue weighted by Crippen LogP contribution is 2.43. The van der Waals surface area contributed by atoms with E-state index in [0.29, 0.717) is 13.2 Å². The summed E-state index contributed by atoms with van der Waals surface area (Å²) in [6.07, 6.45) is 9.94. The van der Waals surface area contributed by atoms with Crippen LogP contribution in [-0.2, 0) is 5.54 Å².